The third-order valence-electron chi connectivity index (χ3n) is 3.37. The summed E-state index contributed by atoms with van der Waals surface area (Å²) in [4.78, 5) is 4.74. The fraction of sp³-hybridized carbons (Fsp3) is 0.462. The Morgan fingerprint density at radius 2 is 2.07 bits per heavy atom. The van der Waals surface area contributed by atoms with Gasteiger partial charge < -0.3 is 0 Å². The Kier molecular flexibility index (Phi) is 2.28. The molecule has 0 aliphatic heterocycles. The molecule has 0 radical (unpaired) electrons. The van der Waals surface area contributed by atoms with Crippen molar-refractivity contribution in [3.63, 3.8) is 0 Å². The van der Waals surface area contributed by atoms with Crippen LogP contribution in [-0.4, -0.2) is 4.98 Å². The van der Waals surface area contributed by atoms with E-state index in [0.29, 0.717) is 0 Å². The van der Waals surface area contributed by atoms with E-state index in [4.69, 9.17) is 16.6 Å². The first kappa shape index (κ1) is 9.41. The predicted molar refractivity (Wildman–Crippen MR) is 63.1 cm³/mol. The summed E-state index contributed by atoms with van der Waals surface area (Å²) in [6.45, 7) is 0. The SMILES string of the molecule is Clc1cc(C2=CCCC2)nc2c1CCC2. The second kappa shape index (κ2) is 3.64. The topological polar surface area (TPSA) is 12.9 Å². The Labute approximate surface area is 95.2 Å². The van der Waals surface area contributed by atoms with Crippen LogP contribution in [0.2, 0.25) is 5.02 Å². The van der Waals surface area contributed by atoms with Gasteiger partial charge in [-0.15, -0.1) is 0 Å². The summed E-state index contributed by atoms with van der Waals surface area (Å²) in [5, 5.41) is 0.931. The molecular formula is C13H14ClN. The Bertz CT molecular complexity index is 434. The number of hydrogen-bond donors (Lipinski definition) is 0. The van der Waals surface area contributed by atoms with Crippen molar-refractivity contribution in [2.75, 3.05) is 0 Å². The van der Waals surface area contributed by atoms with Crippen molar-refractivity contribution in [3.8, 4) is 0 Å². The van der Waals surface area contributed by atoms with Gasteiger partial charge >= 0.3 is 0 Å². The van der Waals surface area contributed by atoms with Crippen LogP contribution >= 0.6 is 11.6 Å². The van der Waals surface area contributed by atoms with Crippen LogP contribution in [0.5, 0.6) is 0 Å². The second-order valence-electron chi connectivity index (χ2n) is 4.39. The van der Waals surface area contributed by atoms with Gasteiger partial charge in [0.1, 0.15) is 0 Å². The van der Waals surface area contributed by atoms with Crippen molar-refractivity contribution < 1.29 is 0 Å². The number of aryl methyl sites for hydroxylation is 1. The van der Waals surface area contributed by atoms with E-state index >= 15 is 0 Å². The van der Waals surface area contributed by atoms with Crippen LogP contribution in [0.3, 0.4) is 0 Å². The molecule has 0 bridgehead atoms. The van der Waals surface area contributed by atoms with E-state index in [1.54, 1.807) is 0 Å². The molecule has 0 aromatic carbocycles. The zero-order valence-electron chi connectivity index (χ0n) is 8.72. The zero-order chi connectivity index (χ0) is 10.3. The van der Waals surface area contributed by atoms with Gasteiger partial charge in [-0.05, 0) is 55.7 Å². The largest absolute Gasteiger partial charge is 0.253 e. The van der Waals surface area contributed by atoms with Gasteiger partial charge in [-0.1, -0.05) is 17.7 Å². The Morgan fingerprint density at radius 3 is 2.87 bits per heavy atom. The van der Waals surface area contributed by atoms with Crippen molar-refractivity contribution in [1.82, 2.24) is 4.98 Å². The number of pyridine rings is 1. The summed E-state index contributed by atoms with van der Waals surface area (Å²) in [6.07, 6.45) is 9.38. The van der Waals surface area contributed by atoms with Gasteiger partial charge in [0.2, 0.25) is 0 Å². The molecule has 0 saturated heterocycles. The first-order valence-electron chi connectivity index (χ1n) is 5.72. The average molecular weight is 220 g/mol. The van der Waals surface area contributed by atoms with Crippen LogP contribution in [0.4, 0.5) is 0 Å². The molecule has 0 spiro atoms. The van der Waals surface area contributed by atoms with E-state index < -0.39 is 0 Å². The Hall–Kier alpha value is -0.820. The third-order valence-corrected chi connectivity index (χ3v) is 3.70. The number of hydrogen-bond acceptors (Lipinski definition) is 1. The number of aromatic nitrogens is 1. The van der Waals surface area contributed by atoms with Crippen molar-refractivity contribution in [1.29, 1.82) is 0 Å². The van der Waals surface area contributed by atoms with Crippen molar-refractivity contribution in [3.05, 3.63) is 34.1 Å². The minimum absolute atomic E-state index is 0.931. The van der Waals surface area contributed by atoms with Gasteiger partial charge in [0.25, 0.3) is 0 Å². The monoisotopic (exact) mass is 219 g/mol. The maximum Gasteiger partial charge on any atom is 0.0676 e. The van der Waals surface area contributed by atoms with Crippen molar-refractivity contribution >= 4 is 17.2 Å². The molecule has 15 heavy (non-hydrogen) atoms. The van der Waals surface area contributed by atoms with E-state index in [9.17, 15) is 0 Å². The third kappa shape index (κ3) is 1.59. The van der Waals surface area contributed by atoms with Crippen LogP contribution in [0.25, 0.3) is 5.57 Å². The minimum Gasteiger partial charge on any atom is -0.253 e. The summed E-state index contributed by atoms with van der Waals surface area (Å²) in [5.41, 5.74) is 5.05. The highest BCUT2D eigenvalue weighted by Crippen LogP contribution is 2.33. The summed E-state index contributed by atoms with van der Waals surface area (Å²) < 4.78 is 0. The summed E-state index contributed by atoms with van der Waals surface area (Å²) >= 11 is 6.29. The quantitative estimate of drug-likeness (QED) is 0.700. The lowest BCUT2D eigenvalue weighted by Gasteiger charge is -2.07. The molecule has 0 amide bonds. The van der Waals surface area contributed by atoms with Crippen LogP contribution in [0, 0.1) is 0 Å². The van der Waals surface area contributed by atoms with Gasteiger partial charge in [0, 0.05) is 10.7 Å². The molecule has 1 aromatic heterocycles. The van der Waals surface area contributed by atoms with E-state index in [2.05, 4.69) is 12.1 Å². The van der Waals surface area contributed by atoms with Gasteiger partial charge in [-0.25, -0.2) is 0 Å². The molecule has 1 aromatic rings. The molecule has 0 unspecified atom stereocenters. The number of fused-ring (bicyclic) bond motifs is 1. The molecule has 0 atom stereocenters. The maximum atomic E-state index is 6.29. The average Bonchev–Trinajstić information content (AvgIpc) is 2.88. The molecule has 1 nitrogen and oxygen atoms in total. The molecule has 3 rings (SSSR count). The van der Waals surface area contributed by atoms with E-state index in [1.807, 2.05) is 0 Å². The van der Waals surface area contributed by atoms with Crippen molar-refractivity contribution in [2.24, 2.45) is 0 Å². The minimum atomic E-state index is 0.931. The van der Waals surface area contributed by atoms with Gasteiger partial charge in [0.05, 0.1) is 5.69 Å². The number of allylic oxidation sites excluding steroid dienone is 2. The summed E-state index contributed by atoms with van der Waals surface area (Å²) in [5.74, 6) is 0. The number of rotatable bonds is 1. The molecule has 2 heteroatoms. The van der Waals surface area contributed by atoms with Gasteiger partial charge in [-0.2, -0.15) is 0 Å². The smallest absolute Gasteiger partial charge is 0.0676 e. The fourth-order valence-electron chi connectivity index (χ4n) is 2.56. The lowest BCUT2D eigenvalue weighted by atomic mass is 10.1. The first-order valence-corrected chi connectivity index (χ1v) is 6.10. The standard InChI is InChI=1S/C13H14ClN/c14-11-8-13(9-4-1-2-5-9)15-12-7-3-6-10(11)12/h4,8H,1-3,5-7H2. The molecule has 0 saturated carbocycles. The first-order chi connectivity index (χ1) is 7.34. The zero-order valence-corrected chi connectivity index (χ0v) is 9.48. The second-order valence-corrected chi connectivity index (χ2v) is 4.80. The van der Waals surface area contributed by atoms with Crippen molar-refractivity contribution in [2.45, 2.75) is 38.5 Å². The van der Waals surface area contributed by atoms with Crippen LogP contribution < -0.4 is 0 Å². The van der Waals surface area contributed by atoms with Gasteiger partial charge in [0.15, 0.2) is 0 Å². The molecule has 2 aliphatic carbocycles. The van der Waals surface area contributed by atoms with Crippen LogP contribution in [0.1, 0.15) is 42.6 Å². The fourth-order valence-corrected chi connectivity index (χ4v) is 2.87. The van der Waals surface area contributed by atoms with E-state index in [0.717, 1.165) is 23.6 Å². The lowest BCUT2D eigenvalue weighted by molar-refractivity contribution is 0.897. The lowest BCUT2D eigenvalue weighted by Crippen LogP contribution is -1.95. The number of nitrogens with zero attached hydrogens (tertiary/aromatic N) is 1. The normalized spacial score (nSPS) is 19.1. The highest BCUT2D eigenvalue weighted by Gasteiger charge is 2.18. The maximum absolute atomic E-state index is 6.29. The molecule has 2 aliphatic rings. The highest BCUT2D eigenvalue weighted by atomic mass is 35.5. The van der Waals surface area contributed by atoms with Crippen LogP contribution in [-0.2, 0) is 12.8 Å². The molecule has 0 N–H and O–H groups in total. The summed E-state index contributed by atoms with van der Waals surface area (Å²) in [6, 6.07) is 2.06. The molecule has 0 fully saturated rings. The molecule has 1 heterocycles. The number of halogens is 1. The molecule has 78 valence electrons. The van der Waals surface area contributed by atoms with E-state index in [1.165, 1.54) is 42.5 Å². The highest BCUT2D eigenvalue weighted by molar-refractivity contribution is 6.31. The van der Waals surface area contributed by atoms with Gasteiger partial charge in [-0.3, -0.25) is 4.98 Å². The van der Waals surface area contributed by atoms with Crippen LogP contribution in [0.15, 0.2) is 12.1 Å². The summed E-state index contributed by atoms with van der Waals surface area (Å²) in [7, 11) is 0. The Morgan fingerprint density at radius 1 is 1.13 bits per heavy atom. The molecular weight excluding hydrogens is 206 g/mol. The predicted octanol–water partition coefficient (Wildman–Crippen LogP) is 3.79. The van der Waals surface area contributed by atoms with E-state index in [-0.39, 0.29) is 0 Å². The Balaban J connectivity index is 2.07.